The molecule has 1 aliphatic heterocycles. The third-order valence-electron chi connectivity index (χ3n) is 6.37. The number of nitrogens with zero attached hydrogens (tertiary/aromatic N) is 5. The van der Waals surface area contributed by atoms with E-state index < -0.39 is 0 Å². The number of rotatable bonds is 5. The van der Waals surface area contributed by atoms with Crippen molar-refractivity contribution in [2.24, 2.45) is 5.41 Å². The van der Waals surface area contributed by atoms with Crippen LogP contribution in [-0.2, 0) is 6.54 Å². The minimum atomic E-state index is -0.217. The maximum Gasteiger partial charge on any atom is 0.226 e. The molecule has 3 heterocycles. The maximum absolute atomic E-state index is 14.1. The van der Waals surface area contributed by atoms with E-state index in [9.17, 15) is 4.39 Å². The number of fused-ring (bicyclic) bond motifs is 1. The molecule has 166 valence electrons. The summed E-state index contributed by atoms with van der Waals surface area (Å²) < 4.78 is 16.2. The quantitative estimate of drug-likeness (QED) is 0.663. The molecule has 1 fully saturated rings. The molecule has 4 rings (SSSR count). The van der Waals surface area contributed by atoms with Crippen LogP contribution in [0.4, 0.5) is 10.3 Å². The van der Waals surface area contributed by atoms with Crippen molar-refractivity contribution in [1.29, 1.82) is 0 Å². The summed E-state index contributed by atoms with van der Waals surface area (Å²) in [6.07, 6.45) is 7.79. The summed E-state index contributed by atoms with van der Waals surface area (Å²) in [5, 5.41) is 4.82. The van der Waals surface area contributed by atoms with Crippen molar-refractivity contribution in [1.82, 2.24) is 24.8 Å². The predicted molar refractivity (Wildman–Crippen MR) is 123 cm³/mol. The van der Waals surface area contributed by atoms with Gasteiger partial charge in [-0.25, -0.2) is 19.3 Å². The minimum absolute atomic E-state index is 0.141. The molecule has 0 radical (unpaired) electrons. The molecule has 1 aromatic carbocycles. The van der Waals surface area contributed by atoms with Crippen molar-refractivity contribution in [3.8, 4) is 0 Å². The van der Waals surface area contributed by atoms with Gasteiger partial charge < -0.3 is 14.8 Å². The summed E-state index contributed by atoms with van der Waals surface area (Å²) in [6, 6.07) is 4.17. The summed E-state index contributed by atoms with van der Waals surface area (Å²) >= 11 is 0. The number of halogens is 1. The van der Waals surface area contributed by atoms with Crippen LogP contribution in [0, 0.1) is 25.1 Å². The van der Waals surface area contributed by atoms with Gasteiger partial charge in [-0.2, -0.15) is 0 Å². The van der Waals surface area contributed by atoms with Gasteiger partial charge in [0.1, 0.15) is 5.82 Å². The van der Waals surface area contributed by atoms with Crippen LogP contribution in [0.15, 0.2) is 30.9 Å². The van der Waals surface area contributed by atoms with Crippen LogP contribution in [0.3, 0.4) is 0 Å². The van der Waals surface area contributed by atoms with Gasteiger partial charge >= 0.3 is 0 Å². The molecular weight excluding hydrogens is 391 g/mol. The standard InChI is InChI=1S/C24H33FN6/c1-16-12-19-17(2)27-23(29-21(19)13-20(16)25)31-9-6-18(7-10-31)28-22(24(3,4)5)14-30-11-8-26-15-30/h8,11-13,15,18,22,28H,6-7,9-10,14H2,1-5H3. The Morgan fingerprint density at radius 3 is 2.55 bits per heavy atom. The van der Waals surface area contributed by atoms with Crippen LogP contribution in [0.2, 0.25) is 0 Å². The average molecular weight is 425 g/mol. The zero-order valence-electron chi connectivity index (χ0n) is 19.2. The molecular formula is C24H33FN6. The second-order valence-corrected chi connectivity index (χ2v) is 9.83. The molecule has 31 heavy (non-hydrogen) atoms. The number of benzene rings is 1. The van der Waals surface area contributed by atoms with Gasteiger partial charge in [-0.15, -0.1) is 0 Å². The highest BCUT2D eigenvalue weighted by Crippen LogP contribution is 2.26. The second kappa shape index (κ2) is 8.54. The average Bonchev–Trinajstić information content (AvgIpc) is 3.22. The van der Waals surface area contributed by atoms with Crippen LogP contribution >= 0.6 is 0 Å². The van der Waals surface area contributed by atoms with E-state index in [0.29, 0.717) is 29.1 Å². The molecule has 0 bridgehead atoms. The third-order valence-corrected chi connectivity index (χ3v) is 6.37. The van der Waals surface area contributed by atoms with E-state index in [1.807, 2.05) is 31.7 Å². The lowest BCUT2D eigenvalue weighted by molar-refractivity contribution is 0.210. The molecule has 1 atom stereocenters. The molecule has 7 heteroatoms. The number of aromatic nitrogens is 4. The van der Waals surface area contributed by atoms with Crippen molar-refractivity contribution in [2.75, 3.05) is 18.0 Å². The van der Waals surface area contributed by atoms with Gasteiger partial charge in [-0.05, 0) is 43.7 Å². The number of imidazole rings is 1. The number of hydrogen-bond acceptors (Lipinski definition) is 5. The van der Waals surface area contributed by atoms with E-state index >= 15 is 0 Å². The fourth-order valence-corrected chi connectivity index (χ4v) is 4.25. The highest BCUT2D eigenvalue weighted by molar-refractivity contribution is 5.82. The highest BCUT2D eigenvalue weighted by Gasteiger charge is 2.29. The van der Waals surface area contributed by atoms with E-state index in [2.05, 4.69) is 45.5 Å². The molecule has 0 saturated carbocycles. The zero-order valence-corrected chi connectivity index (χ0v) is 19.2. The third kappa shape index (κ3) is 4.87. The Bertz CT molecular complexity index is 1030. The summed E-state index contributed by atoms with van der Waals surface area (Å²) in [7, 11) is 0. The largest absolute Gasteiger partial charge is 0.341 e. The Morgan fingerprint density at radius 1 is 1.16 bits per heavy atom. The first kappa shape index (κ1) is 21.7. The van der Waals surface area contributed by atoms with Crippen molar-refractivity contribution in [3.63, 3.8) is 0 Å². The molecule has 1 N–H and O–H groups in total. The van der Waals surface area contributed by atoms with E-state index in [0.717, 1.165) is 43.6 Å². The molecule has 1 aliphatic rings. The topological polar surface area (TPSA) is 58.9 Å². The molecule has 2 aromatic heterocycles. The lowest BCUT2D eigenvalue weighted by Crippen LogP contribution is -2.52. The summed E-state index contributed by atoms with van der Waals surface area (Å²) in [5.74, 6) is 0.489. The van der Waals surface area contributed by atoms with Gasteiger partial charge in [-0.3, -0.25) is 0 Å². The molecule has 1 saturated heterocycles. The number of hydrogen-bond donors (Lipinski definition) is 1. The minimum Gasteiger partial charge on any atom is -0.341 e. The molecule has 6 nitrogen and oxygen atoms in total. The molecule has 0 aliphatic carbocycles. The number of anilines is 1. The van der Waals surface area contributed by atoms with Crippen LogP contribution in [0.25, 0.3) is 10.9 Å². The highest BCUT2D eigenvalue weighted by atomic mass is 19.1. The predicted octanol–water partition coefficient (Wildman–Crippen LogP) is 4.26. The van der Waals surface area contributed by atoms with Crippen molar-refractivity contribution < 1.29 is 4.39 Å². The normalized spacial score (nSPS) is 16.8. The van der Waals surface area contributed by atoms with E-state index in [1.165, 1.54) is 6.07 Å². The van der Waals surface area contributed by atoms with Crippen LogP contribution < -0.4 is 10.2 Å². The van der Waals surface area contributed by atoms with Crippen LogP contribution in [-0.4, -0.2) is 44.7 Å². The molecule has 3 aromatic rings. The van der Waals surface area contributed by atoms with Crippen LogP contribution in [0.1, 0.15) is 44.9 Å². The van der Waals surface area contributed by atoms with Gasteiger partial charge in [-0.1, -0.05) is 20.8 Å². The fraction of sp³-hybridized carbons (Fsp3) is 0.542. The summed E-state index contributed by atoms with van der Waals surface area (Å²) in [4.78, 5) is 15.8. The first-order chi connectivity index (χ1) is 14.7. The van der Waals surface area contributed by atoms with E-state index in [1.54, 1.807) is 6.92 Å². The van der Waals surface area contributed by atoms with E-state index in [-0.39, 0.29) is 11.2 Å². The van der Waals surface area contributed by atoms with Gasteiger partial charge in [0.25, 0.3) is 0 Å². The Labute approximate surface area is 183 Å². The second-order valence-electron chi connectivity index (χ2n) is 9.83. The van der Waals surface area contributed by atoms with Gasteiger partial charge in [0.05, 0.1) is 17.5 Å². The Morgan fingerprint density at radius 2 is 1.90 bits per heavy atom. The molecule has 0 amide bonds. The SMILES string of the molecule is Cc1cc2c(C)nc(N3CCC(NC(Cn4ccnc4)C(C)(C)C)CC3)nc2cc1F. The smallest absolute Gasteiger partial charge is 0.226 e. The monoisotopic (exact) mass is 424 g/mol. The summed E-state index contributed by atoms with van der Waals surface area (Å²) in [5.41, 5.74) is 2.35. The number of piperidine rings is 1. The van der Waals surface area contributed by atoms with Crippen molar-refractivity contribution >= 4 is 16.9 Å². The lowest BCUT2D eigenvalue weighted by atomic mass is 9.85. The fourth-order valence-electron chi connectivity index (χ4n) is 4.25. The Balaban J connectivity index is 1.44. The van der Waals surface area contributed by atoms with Crippen molar-refractivity contribution in [2.45, 2.75) is 66.1 Å². The number of aryl methyl sites for hydroxylation is 2. The first-order valence-electron chi connectivity index (χ1n) is 11.1. The lowest BCUT2D eigenvalue weighted by Gasteiger charge is -2.39. The van der Waals surface area contributed by atoms with E-state index in [4.69, 9.17) is 4.98 Å². The van der Waals surface area contributed by atoms with Crippen LogP contribution in [0.5, 0.6) is 0 Å². The molecule has 1 unspecified atom stereocenters. The van der Waals surface area contributed by atoms with Crippen molar-refractivity contribution in [3.05, 3.63) is 47.9 Å². The molecule has 0 spiro atoms. The van der Waals surface area contributed by atoms with Gasteiger partial charge in [0.2, 0.25) is 5.95 Å². The summed E-state index contributed by atoms with van der Waals surface area (Å²) in [6.45, 7) is 13.3. The Kier molecular flexibility index (Phi) is 5.97. The Hall–Kier alpha value is -2.54. The van der Waals surface area contributed by atoms with Gasteiger partial charge in [0.15, 0.2) is 0 Å². The maximum atomic E-state index is 14.1. The first-order valence-corrected chi connectivity index (χ1v) is 11.1. The number of nitrogens with one attached hydrogen (secondary N) is 1. The van der Waals surface area contributed by atoms with Gasteiger partial charge in [0, 0.05) is 55.6 Å². The zero-order chi connectivity index (χ0) is 22.2.